The van der Waals surface area contributed by atoms with Crippen molar-refractivity contribution in [2.75, 3.05) is 11.9 Å². The normalized spacial score (nSPS) is 12.2. The molecule has 1 unspecified atom stereocenters. The Balaban J connectivity index is 2.09. The molecular formula is C14H16BrFN4. The van der Waals surface area contributed by atoms with Crippen molar-refractivity contribution in [2.45, 2.75) is 19.4 Å². The molecule has 0 aliphatic heterocycles. The summed E-state index contributed by atoms with van der Waals surface area (Å²) in [5.74, 6) is 0.222. The number of nitrogens with zero attached hydrogens (tertiary/aromatic N) is 2. The van der Waals surface area contributed by atoms with Gasteiger partial charge < -0.3 is 11.1 Å². The van der Waals surface area contributed by atoms with Gasteiger partial charge in [0.05, 0.1) is 0 Å². The predicted octanol–water partition coefficient (Wildman–Crippen LogP) is 3.19. The van der Waals surface area contributed by atoms with Crippen molar-refractivity contribution in [1.82, 2.24) is 9.97 Å². The predicted molar refractivity (Wildman–Crippen MR) is 81.9 cm³/mol. The van der Waals surface area contributed by atoms with Crippen LogP contribution in [-0.4, -0.2) is 22.6 Å². The Morgan fingerprint density at radius 1 is 1.35 bits per heavy atom. The van der Waals surface area contributed by atoms with Crippen molar-refractivity contribution in [3.63, 3.8) is 0 Å². The number of rotatable bonds is 5. The molecule has 4 nitrogen and oxygen atoms in total. The number of aromatic nitrogens is 2. The summed E-state index contributed by atoms with van der Waals surface area (Å²) < 4.78 is 14.6. The lowest BCUT2D eigenvalue weighted by Gasteiger charge is -2.08. The van der Waals surface area contributed by atoms with Crippen LogP contribution in [0.4, 0.5) is 10.3 Å². The third kappa shape index (κ3) is 3.98. The average molecular weight is 339 g/mol. The summed E-state index contributed by atoms with van der Waals surface area (Å²) in [6.45, 7) is 2.66. The summed E-state index contributed by atoms with van der Waals surface area (Å²) >= 11 is 3.32. The van der Waals surface area contributed by atoms with Crippen molar-refractivity contribution in [1.29, 1.82) is 0 Å². The van der Waals surface area contributed by atoms with E-state index in [-0.39, 0.29) is 11.9 Å². The van der Waals surface area contributed by atoms with Crippen molar-refractivity contribution in [3.8, 4) is 11.1 Å². The standard InChI is InChI=1S/C14H16BrFN4/c1-9(17)4-5-18-14-19-7-10(8-20-14)12-6-11(15)2-3-13(12)16/h2-3,6-9H,4-5,17H2,1H3,(H,18,19,20). The Hall–Kier alpha value is -1.53. The largest absolute Gasteiger partial charge is 0.354 e. The van der Waals surface area contributed by atoms with Crippen LogP contribution in [0.15, 0.2) is 35.1 Å². The summed E-state index contributed by atoms with van der Waals surface area (Å²) in [5, 5.41) is 3.08. The summed E-state index contributed by atoms with van der Waals surface area (Å²) in [6.07, 6.45) is 4.05. The number of hydrogen-bond acceptors (Lipinski definition) is 4. The summed E-state index contributed by atoms with van der Waals surface area (Å²) in [6, 6.07) is 4.91. The highest BCUT2D eigenvalue weighted by Crippen LogP contribution is 2.25. The maximum absolute atomic E-state index is 13.7. The van der Waals surface area contributed by atoms with Gasteiger partial charge in [-0.05, 0) is 31.5 Å². The van der Waals surface area contributed by atoms with Crippen LogP contribution in [-0.2, 0) is 0 Å². The van der Waals surface area contributed by atoms with Crippen LogP contribution < -0.4 is 11.1 Å². The molecule has 106 valence electrons. The fourth-order valence-corrected chi connectivity index (χ4v) is 2.05. The van der Waals surface area contributed by atoms with Crippen LogP contribution in [0.5, 0.6) is 0 Å². The molecule has 2 rings (SSSR count). The van der Waals surface area contributed by atoms with Crippen LogP contribution in [0.2, 0.25) is 0 Å². The maximum atomic E-state index is 13.7. The quantitative estimate of drug-likeness (QED) is 0.878. The van der Waals surface area contributed by atoms with Gasteiger partial charge in [0.15, 0.2) is 0 Å². The summed E-state index contributed by atoms with van der Waals surface area (Å²) in [4.78, 5) is 8.36. The molecule has 0 radical (unpaired) electrons. The van der Waals surface area contributed by atoms with E-state index in [1.807, 2.05) is 6.92 Å². The molecule has 0 amide bonds. The zero-order chi connectivity index (χ0) is 14.5. The first kappa shape index (κ1) is 14.9. The van der Waals surface area contributed by atoms with Gasteiger partial charge in [0, 0.05) is 40.6 Å². The Bertz CT molecular complexity index is 572. The third-order valence-electron chi connectivity index (χ3n) is 2.77. The van der Waals surface area contributed by atoms with Crippen LogP contribution in [0, 0.1) is 5.82 Å². The number of benzene rings is 1. The van der Waals surface area contributed by atoms with E-state index in [9.17, 15) is 4.39 Å². The van der Waals surface area contributed by atoms with Crippen molar-refractivity contribution in [2.24, 2.45) is 5.73 Å². The number of nitrogens with two attached hydrogens (primary N) is 1. The molecule has 0 fully saturated rings. The van der Waals surface area contributed by atoms with Crippen molar-refractivity contribution in [3.05, 3.63) is 40.9 Å². The van der Waals surface area contributed by atoms with Crippen molar-refractivity contribution >= 4 is 21.9 Å². The van der Waals surface area contributed by atoms with E-state index in [0.717, 1.165) is 10.9 Å². The Labute approximate surface area is 125 Å². The van der Waals surface area contributed by atoms with Crippen LogP contribution in [0.25, 0.3) is 11.1 Å². The number of hydrogen-bond donors (Lipinski definition) is 2. The molecule has 1 aromatic carbocycles. The molecule has 1 aromatic heterocycles. The molecule has 0 saturated heterocycles. The smallest absolute Gasteiger partial charge is 0.222 e. The maximum Gasteiger partial charge on any atom is 0.222 e. The Kier molecular flexibility index (Phi) is 5.03. The fourth-order valence-electron chi connectivity index (χ4n) is 1.69. The van der Waals surface area contributed by atoms with E-state index < -0.39 is 0 Å². The highest BCUT2D eigenvalue weighted by atomic mass is 79.9. The van der Waals surface area contributed by atoms with E-state index in [4.69, 9.17) is 5.73 Å². The molecule has 0 saturated carbocycles. The van der Waals surface area contributed by atoms with Crippen molar-refractivity contribution < 1.29 is 4.39 Å². The monoisotopic (exact) mass is 338 g/mol. The Morgan fingerprint density at radius 2 is 2.05 bits per heavy atom. The Morgan fingerprint density at radius 3 is 2.70 bits per heavy atom. The lowest BCUT2D eigenvalue weighted by atomic mass is 10.1. The first-order valence-corrected chi connectivity index (χ1v) is 7.12. The average Bonchev–Trinajstić information content (AvgIpc) is 2.42. The number of nitrogens with one attached hydrogen (secondary N) is 1. The first-order valence-electron chi connectivity index (χ1n) is 6.33. The third-order valence-corrected chi connectivity index (χ3v) is 3.27. The van der Waals surface area contributed by atoms with Crippen LogP contribution >= 0.6 is 15.9 Å². The second kappa shape index (κ2) is 6.76. The lowest BCUT2D eigenvalue weighted by molar-refractivity contribution is 0.631. The molecule has 20 heavy (non-hydrogen) atoms. The molecule has 2 aromatic rings. The topological polar surface area (TPSA) is 63.8 Å². The van der Waals surface area contributed by atoms with Crippen LogP contribution in [0.1, 0.15) is 13.3 Å². The molecular weight excluding hydrogens is 323 g/mol. The van der Waals surface area contributed by atoms with Gasteiger partial charge in [-0.1, -0.05) is 15.9 Å². The van der Waals surface area contributed by atoms with E-state index >= 15 is 0 Å². The lowest BCUT2D eigenvalue weighted by Crippen LogP contribution is -2.19. The second-order valence-electron chi connectivity index (χ2n) is 4.61. The van der Waals surface area contributed by atoms with Gasteiger partial charge in [-0.25, -0.2) is 14.4 Å². The van der Waals surface area contributed by atoms with Crippen LogP contribution in [0.3, 0.4) is 0 Å². The van der Waals surface area contributed by atoms with E-state index in [1.165, 1.54) is 6.07 Å². The van der Waals surface area contributed by atoms with Gasteiger partial charge in [0.25, 0.3) is 0 Å². The van der Waals surface area contributed by atoms with Gasteiger partial charge in [0.2, 0.25) is 5.95 Å². The molecule has 6 heteroatoms. The van der Waals surface area contributed by atoms with Gasteiger partial charge in [0.1, 0.15) is 5.82 Å². The van der Waals surface area contributed by atoms with E-state index in [2.05, 4.69) is 31.2 Å². The zero-order valence-corrected chi connectivity index (χ0v) is 12.7. The molecule has 1 atom stereocenters. The molecule has 3 N–H and O–H groups in total. The van der Waals surface area contributed by atoms with Gasteiger partial charge in [-0.2, -0.15) is 0 Å². The number of anilines is 1. The summed E-state index contributed by atoms with van der Waals surface area (Å²) in [5.41, 5.74) is 6.77. The van der Waals surface area contributed by atoms with Gasteiger partial charge in [-0.3, -0.25) is 0 Å². The molecule has 0 bridgehead atoms. The minimum atomic E-state index is -0.297. The first-order chi connectivity index (χ1) is 9.56. The minimum Gasteiger partial charge on any atom is -0.354 e. The number of halogens is 2. The highest BCUT2D eigenvalue weighted by Gasteiger charge is 2.07. The van der Waals surface area contributed by atoms with E-state index in [1.54, 1.807) is 24.5 Å². The molecule has 1 heterocycles. The van der Waals surface area contributed by atoms with Gasteiger partial charge in [-0.15, -0.1) is 0 Å². The zero-order valence-electron chi connectivity index (χ0n) is 11.1. The SMILES string of the molecule is CC(N)CCNc1ncc(-c2cc(Br)ccc2F)cn1. The summed E-state index contributed by atoms with van der Waals surface area (Å²) in [7, 11) is 0. The van der Waals surface area contributed by atoms with Gasteiger partial charge >= 0.3 is 0 Å². The fraction of sp³-hybridized carbons (Fsp3) is 0.286. The molecule has 0 spiro atoms. The molecule has 0 aliphatic rings. The highest BCUT2D eigenvalue weighted by molar-refractivity contribution is 9.10. The molecule has 0 aliphatic carbocycles. The second-order valence-corrected chi connectivity index (χ2v) is 5.53. The van der Waals surface area contributed by atoms with E-state index in [0.29, 0.717) is 23.6 Å². The minimum absolute atomic E-state index is 0.137.